The summed E-state index contributed by atoms with van der Waals surface area (Å²) in [6.07, 6.45) is 5.75. The van der Waals surface area contributed by atoms with Gasteiger partial charge in [0.25, 0.3) is 0 Å². The molecule has 0 aliphatic rings. The van der Waals surface area contributed by atoms with E-state index >= 15 is 0 Å². The van der Waals surface area contributed by atoms with Gasteiger partial charge < -0.3 is 20.2 Å². The molecule has 0 aliphatic carbocycles. The number of allylic oxidation sites excluding steroid dienone is 1. The highest BCUT2D eigenvalue weighted by Crippen LogP contribution is 2.43. The van der Waals surface area contributed by atoms with Crippen LogP contribution in [0, 0.1) is 5.92 Å². The normalized spacial score (nSPS) is 12.2. The lowest BCUT2D eigenvalue weighted by molar-refractivity contribution is -0.111. The maximum Gasteiger partial charge on any atom is 0.248 e. The Hall–Kier alpha value is -4.75. The van der Waals surface area contributed by atoms with Crippen LogP contribution in [0.15, 0.2) is 108 Å². The van der Waals surface area contributed by atoms with Crippen LogP contribution in [0.2, 0.25) is 0 Å². The fourth-order valence-corrected chi connectivity index (χ4v) is 4.58. The van der Waals surface area contributed by atoms with E-state index in [-0.39, 0.29) is 18.6 Å². The third-order valence-corrected chi connectivity index (χ3v) is 6.52. The van der Waals surface area contributed by atoms with Gasteiger partial charge in [-0.3, -0.25) is 4.79 Å². The predicted octanol–water partition coefficient (Wildman–Crippen LogP) is 7.24. The molecule has 0 bridgehead atoms. The molecule has 202 valence electrons. The molecular weight excluding hydrogens is 500 g/mol. The molecule has 7 heteroatoms. The molecule has 0 fully saturated rings. The second-order valence-corrected chi connectivity index (χ2v) is 9.97. The summed E-state index contributed by atoms with van der Waals surface area (Å²) in [5.41, 5.74) is 4.52. The van der Waals surface area contributed by atoms with Crippen molar-refractivity contribution in [3.63, 3.8) is 0 Å². The minimum absolute atomic E-state index is 0.125. The molecule has 0 saturated carbocycles. The molecule has 0 unspecified atom stereocenters. The molecule has 0 spiro atoms. The van der Waals surface area contributed by atoms with E-state index in [4.69, 9.17) is 4.42 Å². The van der Waals surface area contributed by atoms with Crippen LogP contribution in [0.3, 0.4) is 0 Å². The van der Waals surface area contributed by atoms with Crippen molar-refractivity contribution in [2.75, 3.05) is 17.2 Å². The molecule has 3 N–H and O–H groups in total. The van der Waals surface area contributed by atoms with Gasteiger partial charge in [0, 0.05) is 16.8 Å². The van der Waals surface area contributed by atoms with Crippen LogP contribution < -0.4 is 10.6 Å². The summed E-state index contributed by atoms with van der Waals surface area (Å²) in [6.45, 7) is 4.10. The van der Waals surface area contributed by atoms with Crippen LogP contribution in [-0.2, 0) is 4.79 Å². The number of nitrogens with one attached hydrogen (secondary N) is 2. The number of carbonyl (C=O) groups excluding carboxylic acids is 1. The summed E-state index contributed by atoms with van der Waals surface area (Å²) in [5.74, 6) is 1.48. The van der Waals surface area contributed by atoms with E-state index in [0.717, 1.165) is 28.7 Å². The summed E-state index contributed by atoms with van der Waals surface area (Å²) >= 11 is 0. The van der Waals surface area contributed by atoms with Crippen molar-refractivity contribution >= 4 is 28.5 Å². The highest BCUT2D eigenvalue weighted by Gasteiger charge is 2.24. The number of benzene rings is 3. The van der Waals surface area contributed by atoms with Crippen molar-refractivity contribution in [2.24, 2.45) is 5.92 Å². The average Bonchev–Trinajstić information content (AvgIpc) is 3.37. The van der Waals surface area contributed by atoms with Crippen LogP contribution in [0.25, 0.3) is 33.6 Å². The van der Waals surface area contributed by atoms with Gasteiger partial charge in [-0.2, -0.15) is 0 Å². The van der Waals surface area contributed by atoms with Gasteiger partial charge in [0.1, 0.15) is 17.9 Å². The molecule has 5 aromatic rings. The van der Waals surface area contributed by atoms with E-state index in [9.17, 15) is 9.90 Å². The molecule has 0 saturated heterocycles. The number of amides is 1. The first kappa shape index (κ1) is 26.8. The van der Waals surface area contributed by atoms with Gasteiger partial charge in [-0.1, -0.05) is 92.7 Å². The van der Waals surface area contributed by atoms with Gasteiger partial charge in [0.05, 0.1) is 18.0 Å². The van der Waals surface area contributed by atoms with E-state index < -0.39 is 0 Å². The SMILES string of the molecule is CC(C)C/C=C/C(=O)Nc1cccc(-c2c(-c3ccccc3)oc3ncnc(N[C@H](CO)c4ccccc4)c23)c1. The molecule has 0 radical (unpaired) electrons. The average molecular weight is 533 g/mol. The molecule has 7 nitrogen and oxygen atoms in total. The monoisotopic (exact) mass is 532 g/mol. The third-order valence-electron chi connectivity index (χ3n) is 6.52. The lowest BCUT2D eigenvalue weighted by Crippen LogP contribution is -2.15. The van der Waals surface area contributed by atoms with Crippen molar-refractivity contribution in [3.05, 3.63) is 109 Å². The lowest BCUT2D eigenvalue weighted by atomic mass is 9.98. The smallest absolute Gasteiger partial charge is 0.248 e. The van der Waals surface area contributed by atoms with E-state index in [0.29, 0.717) is 34.3 Å². The van der Waals surface area contributed by atoms with Crippen LogP contribution >= 0.6 is 0 Å². The summed E-state index contributed by atoms with van der Waals surface area (Å²) in [6, 6.07) is 26.8. The number of fused-ring (bicyclic) bond motifs is 1. The Morgan fingerprint density at radius 1 is 0.950 bits per heavy atom. The van der Waals surface area contributed by atoms with Crippen molar-refractivity contribution in [3.8, 4) is 22.5 Å². The Kier molecular flexibility index (Phi) is 8.32. The number of nitrogens with zero attached hydrogens (tertiary/aromatic N) is 2. The Balaban J connectivity index is 1.60. The minimum atomic E-state index is -0.384. The Labute approximate surface area is 233 Å². The van der Waals surface area contributed by atoms with Crippen molar-refractivity contribution < 1.29 is 14.3 Å². The number of furan rings is 1. The lowest BCUT2D eigenvalue weighted by Gasteiger charge is -2.18. The number of aliphatic hydroxyl groups excluding tert-OH is 1. The second-order valence-electron chi connectivity index (χ2n) is 9.97. The highest BCUT2D eigenvalue weighted by atomic mass is 16.3. The van der Waals surface area contributed by atoms with E-state index in [1.807, 2.05) is 91.0 Å². The van der Waals surface area contributed by atoms with E-state index in [2.05, 4.69) is 34.4 Å². The molecule has 1 amide bonds. The molecule has 2 aromatic heterocycles. The van der Waals surface area contributed by atoms with Crippen LogP contribution in [0.1, 0.15) is 31.9 Å². The molecule has 2 heterocycles. The van der Waals surface area contributed by atoms with Crippen LogP contribution in [-0.4, -0.2) is 27.6 Å². The molecule has 1 atom stereocenters. The number of aromatic nitrogens is 2. The molecular formula is C33H32N4O3. The van der Waals surface area contributed by atoms with Gasteiger partial charge >= 0.3 is 0 Å². The summed E-state index contributed by atoms with van der Waals surface area (Å²) < 4.78 is 6.35. The zero-order chi connectivity index (χ0) is 27.9. The fraction of sp³-hybridized carbons (Fsp3) is 0.182. The van der Waals surface area contributed by atoms with Crippen molar-refractivity contribution in [2.45, 2.75) is 26.3 Å². The Morgan fingerprint density at radius 3 is 2.40 bits per heavy atom. The maximum atomic E-state index is 12.6. The summed E-state index contributed by atoms with van der Waals surface area (Å²) in [7, 11) is 0. The zero-order valence-corrected chi connectivity index (χ0v) is 22.5. The van der Waals surface area contributed by atoms with Crippen LogP contribution in [0.5, 0.6) is 0 Å². The van der Waals surface area contributed by atoms with Gasteiger partial charge in [-0.25, -0.2) is 9.97 Å². The number of carbonyl (C=O) groups is 1. The second kappa shape index (κ2) is 12.4. The molecule has 5 rings (SSSR count). The molecule has 3 aromatic carbocycles. The third kappa shape index (κ3) is 6.11. The zero-order valence-electron chi connectivity index (χ0n) is 22.5. The number of hydrogen-bond donors (Lipinski definition) is 3. The van der Waals surface area contributed by atoms with Gasteiger partial charge in [0.2, 0.25) is 11.6 Å². The maximum absolute atomic E-state index is 12.6. The van der Waals surface area contributed by atoms with Crippen molar-refractivity contribution in [1.82, 2.24) is 9.97 Å². The number of hydrogen-bond acceptors (Lipinski definition) is 6. The van der Waals surface area contributed by atoms with Gasteiger partial charge in [0.15, 0.2) is 0 Å². The van der Waals surface area contributed by atoms with E-state index in [1.54, 1.807) is 6.08 Å². The van der Waals surface area contributed by atoms with E-state index in [1.165, 1.54) is 6.33 Å². The topological polar surface area (TPSA) is 100 Å². The summed E-state index contributed by atoms with van der Waals surface area (Å²) in [4.78, 5) is 21.6. The fourth-order valence-electron chi connectivity index (χ4n) is 4.58. The Morgan fingerprint density at radius 2 is 1.68 bits per heavy atom. The quantitative estimate of drug-likeness (QED) is 0.164. The van der Waals surface area contributed by atoms with Gasteiger partial charge in [-0.15, -0.1) is 0 Å². The number of rotatable bonds is 10. The highest BCUT2D eigenvalue weighted by molar-refractivity contribution is 6.07. The number of anilines is 2. The van der Waals surface area contributed by atoms with Crippen molar-refractivity contribution in [1.29, 1.82) is 0 Å². The van der Waals surface area contributed by atoms with Gasteiger partial charge in [-0.05, 0) is 41.7 Å². The summed E-state index contributed by atoms with van der Waals surface area (Å²) in [5, 5.41) is 17.3. The molecule has 0 aliphatic heterocycles. The standard InChI is InChI=1S/C33H32N4O3/c1-22(2)11-9-18-28(39)36-26-17-10-16-25(19-26)29-30-32(37-27(20-38)23-12-5-3-6-13-23)34-21-35-33(30)40-31(29)24-14-7-4-8-15-24/h3-10,12-19,21-22,27,38H,11,20H2,1-2H3,(H,36,39)(H,34,35,37)/b18-9+/t27-/m1/s1. The van der Waals surface area contributed by atoms with Crippen LogP contribution in [0.4, 0.5) is 11.5 Å². The number of aliphatic hydroxyl groups is 1. The first-order valence-corrected chi connectivity index (χ1v) is 13.4. The predicted molar refractivity (Wildman–Crippen MR) is 160 cm³/mol. The molecule has 40 heavy (non-hydrogen) atoms. The first-order chi connectivity index (χ1) is 19.5. The Bertz CT molecular complexity index is 1610. The first-order valence-electron chi connectivity index (χ1n) is 13.4. The largest absolute Gasteiger partial charge is 0.437 e. The minimum Gasteiger partial charge on any atom is -0.437 e.